The number of carbonyl (C=O) groups excluding carboxylic acids is 2. The average Bonchev–Trinajstić information content (AvgIpc) is 3.14. The number of carbonyl (C=O) groups is 3. The SMILES string of the molecule is CC(C)C[C@H](NC(=O)[C@H](CCCN=C(N)N)NC(=O)C=Cc1ccco1)C(=O)O. The van der Waals surface area contributed by atoms with E-state index in [1.807, 2.05) is 13.8 Å². The van der Waals surface area contributed by atoms with E-state index in [9.17, 15) is 19.5 Å². The van der Waals surface area contributed by atoms with Crippen LogP contribution in [0.4, 0.5) is 0 Å². The monoisotopic (exact) mass is 407 g/mol. The van der Waals surface area contributed by atoms with Crippen molar-refractivity contribution >= 4 is 29.8 Å². The second-order valence-electron chi connectivity index (χ2n) is 6.89. The summed E-state index contributed by atoms with van der Waals surface area (Å²) in [5, 5.41) is 14.4. The Morgan fingerprint density at radius 3 is 2.52 bits per heavy atom. The predicted octanol–water partition coefficient (Wildman–Crippen LogP) is 0.447. The van der Waals surface area contributed by atoms with Crippen molar-refractivity contribution in [1.29, 1.82) is 0 Å². The lowest BCUT2D eigenvalue weighted by molar-refractivity contribution is -0.142. The van der Waals surface area contributed by atoms with E-state index in [0.717, 1.165) is 0 Å². The lowest BCUT2D eigenvalue weighted by atomic mass is 10.0. The molecule has 0 aromatic carbocycles. The van der Waals surface area contributed by atoms with Crippen LogP contribution in [-0.2, 0) is 14.4 Å². The fourth-order valence-electron chi connectivity index (χ4n) is 2.50. The van der Waals surface area contributed by atoms with Crippen molar-refractivity contribution in [1.82, 2.24) is 10.6 Å². The molecule has 2 amide bonds. The molecule has 10 heteroatoms. The van der Waals surface area contributed by atoms with Gasteiger partial charge < -0.3 is 31.6 Å². The number of rotatable bonds is 12. The van der Waals surface area contributed by atoms with E-state index in [-0.39, 0.29) is 31.3 Å². The average molecular weight is 407 g/mol. The van der Waals surface area contributed by atoms with E-state index in [1.54, 1.807) is 12.1 Å². The Labute approximate surface area is 169 Å². The second-order valence-corrected chi connectivity index (χ2v) is 6.89. The highest BCUT2D eigenvalue weighted by atomic mass is 16.4. The molecule has 0 aliphatic carbocycles. The van der Waals surface area contributed by atoms with Gasteiger partial charge in [-0.3, -0.25) is 14.6 Å². The van der Waals surface area contributed by atoms with Crippen LogP contribution in [0.3, 0.4) is 0 Å². The summed E-state index contributed by atoms with van der Waals surface area (Å²) in [6, 6.07) is 1.37. The van der Waals surface area contributed by atoms with Crippen LogP contribution >= 0.6 is 0 Å². The highest BCUT2D eigenvalue weighted by Gasteiger charge is 2.26. The Morgan fingerprint density at radius 2 is 1.97 bits per heavy atom. The van der Waals surface area contributed by atoms with Gasteiger partial charge in [0, 0.05) is 12.6 Å². The first-order valence-electron chi connectivity index (χ1n) is 9.29. The number of hydrogen-bond acceptors (Lipinski definition) is 5. The normalized spacial score (nSPS) is 13.1. The largest absolute Gasteiger partial charge is 0.480 e. The maximum Gasteiger partial charge on any atom is 0.326 e. The maximum absolute atomic E-state index is 12.6. The number of amides is 2. The summed E-state index contributed by atoms with van der Waals surface area (Å²) in [5.41, 5.74) is 10.6. The van der Waals surface area contributed by atoms with Crippen LogP contribution in [0.15, 0.2) is 33.9 Å². The van der Waals surface area contributed by atoms with Crippen molar-refractivity contribution in [3.05, 3.63) is 30.2 Å². The van der Waals surface area contributed by atoms with E-state index in [1.165, 1.54) is 18.4 Å². The first-order chi connectivity index (χ1) is 13.7. The topological polar surface area (TPSA) is 173 Å². The van der Waals surface area contributed by atoms with Gasteiger partial charge in [-0.2, -0.15) is 0 Å². The van der Waals surface area contributed by atoms with Gasteiger partial charge in [0.25, 0.3) is 0 Å². The van der Waals surface area contributed by atoms with Gasteiger partial charge in [-0.15, -0.1) is 0 Å². The lowest BCUT2D eigenvalue weighted by Gasteiger charge is -2.22. The van der Waals surface area contributed by atoms with E-state index in [4.69, 9.17) is 15.9 Å². The van der Waals surface area contributed by atoms with Gasteiger partial charge in [0.15, 0.2) is 5.96 Å². The van der Waals surface area contributed by atoms with E-state index in [0.29, 0.717) is 12.2 Å². The van der Waals surface area contributed by atoms with Gasteiger partial charge in [0.2, 0.25) is 11.8 Å². The van der Waals surface area contributed by atoms with Crippen LogP contribution in [0.5, 0.6) is 0 Å². The molecule has 0 spiro atoms. The number of nitrogens with one attached hydrogen (secondary N) is 2. The zero-order valence-electron chi connectivity index (χ0n) is 16.6. The smallest absolute Gasteiger partial charge is 0.326 e. The van der Waals surface area contributed by atoms with Gasteiger partial charge in [0.1, 0.15) is 17.8 Å². The zero-order chi connectivity index (χ0) is 21.8. The molecule has 0 saturated carbocycles. The third-order valence-electron chi connectivity index (χ3n) is 3.84. The Kier molecular flexibility index (Phi) is 10.00. The minimum atomic E-state index is -1.13. The molecule has 1 rings (SSSR count). The number of nitrogens with zero attached hydrogens (tertiary/aromatic N) is 1. The summed E-state index contributed by atoms with van der Waals surface area (Å²) in [4.78, 5) is 40.1. The highest BCUT2D eigenvalue weighted by Crippen LogP contribution is 2.07. The summed E-state index contributed by atoms with van der Waals surface area (Å²) in [6.45, 7) is 3.99. The number of aliphatic carboxylic acids is 1. The molecule has 0 fully saturated rings. The number of furan rings is 1. The Bertz CT molecular complexity index is 723. The van der Waals surface area contributed by atoms with Crippen molar-refractivity contribution in [2.24, 2.45) is 22.4 Å². The molecule has 10 nitrogen and oxygen atoms in total. The Balaban J connectivity index is 2.79. The molecule has 29 heavy (non-hydrogen) atoms. The molecule has 160 valence electrons. The first kappa shape index (κ1) is 23.7. The van der Waals surface area contributed by atoms with Crippen LogP contribution < -0.4 is 22.1 Å². The van der Waals surface area contributed by atoms with Crippen LogP contribution in [0, 0.1) is 5.92 Å². The molecule has 0 unspecified atom stereocenters. The van der Waals surface area contributed by atoms with Crippen LogP contribution in [0.2, 0.25) is 0 Å². The molecule has 0 saturated heterocycles. The van der Waals surface area contributed by atoms with Gasteiger partial charge in [-0.05, 0) is 43.4 Å². The zero-order valence-corrected chi connectivity index (χ0v) is 16.6. The highest BCUT2D eigenvalue weighted by molar-refractivity contribution is 5.96. The quantitative estimate of drug-likeness (QED) is 0.145. The summed E-state index contributed by atoms with van der Waals surface area (Å²) in [6.07, 6.45) is 5.09. The molecular formula is C19H29N5O5. The molecule has 7 N–H and O–H groups in total. The maximum atomic E-state index is 12.6. The van der Waals surface area contributed by atoms with Gasteiger partial charge in [-0.25, -0.2) is 4.79 Å². The molecule has 1 heterocycles. The summed E-state index contributed by atoms with van der Waals surface area (Å²) < 4.78 is 5.10. The van der Waals surface area contributed by atoms with Gasteiger partial charge >= 0.3 is 5.97 Å². The third kappa shape index (κ3) is 9.99. The summed E-state index contributed by atoms with van der Waals surface area (Å²) in [5.74, 6) is -1.74. The summed E-state index contributed by atoms with van der Waals surface area (Å²) >= 11 is 0. The number of nitrogens with two attached hydrogens (primary N) is 2. The molecular weight excluding hydrogens is 378 g/mol. The molecule has 0 bridgehead atoms. The van der Waals surface area contributed by atoms with Crippen molar-refractivity contribution in [2.45, 2.75) is 45.2 Å². The molecule has 2 atom stereocenters. The Morgan fingerprint density at radius 1 is 1.24 bits per heavy atom. The van der Waals surface area contributed by atoms with Crippen molar-refractivity contribution < 1.29 is 23.9 Å². The van der Waals surface area contributed by atoms with Crippen molar-refractivity contribution in [3.8, 4) is 0 Å². The summed E-state index contributed by atoms with van der Waals surface area (Å²) in [7, 11) is 0. The van der Waals surface area contributed by atoms with Gasteiger partial charge in [0.05, 0.1) is 6.26 Å². The number of aliphatic imine (C=N–C) groups is 1. The van der Waals surface area contributed by atoms with E-state index in [2.05, 4.69) is 15.6 Å². The first-order valence-corrected chi connectivity index (χ1v) is 9.29. The lowest BCUT2D eigenvalue weighted by Crippen LogP contribution is -2.51. The Hall–Kier alpha value is -3.30. The van der Waals surface area contributed by atoms with Crippen molar-refractivity contribution in [2.75, 3.05) is 6.54 Å². The molecule has 0 aliphatic heterocycles. The van der Waals surface area contributed by atoms with Crippen LogP contribution in [0.25, 0.3) is 6.08 Å². The van der Waals surface area contributed by atoms with Crippen LogP contribution in [0.1, 0.15) is 38.9 Å². The molecule has 1 aromatic rings. The minimum absolute atomic E-state index is 0.0701. The number of guanidine groups is 1. The van der Waals surface area contributed by atoms with E-state index >= 15 is 0 Å². The molecule has 0 radical (unpaired) electrons. The fourth-order valence-corrected chi connectivity index (χ4v) is 2.50. The number of carboxylic acids is 1. The van der Waals surface area contributed by atoms with Crippen LogP contribution in [-0.4, -0.2) is 47.5 Å². The van der Waals surface area contributed by atoms with Crippen molar-refractivity contribution in [3.63, 3.8) is 0 Å². The minimum Gasteiger partial charge on any atom is -0.480 e. The molecule has 0 aliphatic rings. The van der Waals surface area contributed by atoms with E-state index < -0.39 is 29.9 Å². The molecule has 1 aromatic heterocycles. The predicted molar refractivity (Wildman–Crippen MR) is 109 cm³/mol. The third-order valence-corrected chi connectivity index (χ3v) is 3.84. The standard InChI is InChI=1S/C19H29N5O5/c1-12(2)11-15(18(27)28)24-17(26)14(6-3-9-22-19(20)21)23-16(25)8-7-13-5-4-10-29-13/h4-5,7-8,10,12,14-15H,3,6,9,11H2,1-2H3,(H,23,25)(H,24,26)(H,27,28)(H4,20,21,22)/t14-,15-/m0/s1. The number of carboxylic acid groups (broad SMARTS) is 1. The number of hydrogen-bond donors (Lipinski definition) is 5. The fraction of sp³-hybridized carbons (Fsp3) is 0.474. The van der Waals surface area contributed by atoms with Gasteiger partial charge in [-0.1, -0.05) is 13.8 Å². The second kappa shape index (κ2) is 12.2.